The van der Waals surface area contributed by atoms with Gasteiger partial charge in [0.05, 0.1) is 0 Å². The second-order valence-corrected chi connectivity index (χ2v) is 8.48. The zero-order valence-electron chi connectivity index (χ0n) is 14.3. The molecular formula is C19H29NS. The number of rotatable bonds is 5. The second-order valence-electron chi connectivity index (χ2n) is 7.34. The zero-order chi connectivity index (χ0) is 15.6. The molecule has 1 heterocycles. The number of thiophene rings is 1. The minimum absolute atomic E-state index is 0.215. The van der Waals surface area contributed by atoms with Gasteiger partial charge in [-0.05, 0) is 52.9 Å². The van der Waals surface area contributed by atoms with Gasteiger partial charge in [0.2, 0.25) is 0 Å². The van der Waals surface area contributed by atoms with E-state index in [1.54, 1.807) is 5.56 Å². The van der Waals surface area contributed by atoms with E-state index in [2.05, 4.69) is 65.1 Å². The van der Waals surface area contributed by atoms with Crippen molar-refractivity contribution in [2.75, 3.05) is 6.54 Å². The summed E-state index contributed by atoms with van der Waals surface area (Å²) < 4.78 is 1.44. The molecule has 2 heteroatoms. The number of fused-ring (bicyclic) bond motifs is 1. The third-order valence-electron chi connectivity index (χ3n) is 3.89. The lowest BCUT2D eigenvalue weighted by atomic mass is 9.86. The smallest absolute Gasteiger partial charge is 0.0349 e. The summed E-state index contributed by atoms with van der Waals surface area (Å²) >= 11 is 1.96. The maximum atomic E-state index is 3.49. The lowest BCUT2D eigenvalue weighted by molar-refractivity contribution is 0.591. The normalized spacial score (nSPS) is 12.5. The topological polar surface area (TPSA) is 12.0 Å². The summed E-state index contributed by atoms with van der Waals surface area (Å²) in [6, 6.07) is 7.05. The molecule has 0 atom stereocenters. The van der Waals surface area contributed by atoms with Crippen LogP contribution in [0.1, 0.15) is 57.5 Å². The maximum Gasteiger partial charge on any atom is 0.0349 e. The van der Waals surface area contributed by atoms with Crippen LogP contribution in [0.25, 0.3) is 10.1 Å². The molecule has 0 saturated heterocycles. The maximum absolute atomic E-state index is 3.49. The molecule has 1 aromatic heterocycles. The summed E-state index contributed by atoms with van der Waals surface area (Å²) in [5, 5.41) is 4.98. The Hall–Kier alpha value is -0.860. The zero-order valence-corrected chi connectivity index (χ0v) is 15.2. The van der Waals surface area contributed by atoms with Crippen LogP contribution < -0.4 is 5.32 Å². The van der Waals surface area contributed by atoms with E-state index in [1.807, 2.05) is 11.3 Å². The Morgan fingerprint density at radius 1 is 1.19 bits per heavy atom. The Balaban J connectivity index is 2.53. The predicted octanol–water partition coefficient (Wildman–Crippen LogP) is 5.51. The molecule has 0 radical (unpaired) electrons. The molecular weight excluding hydrogens is 274 g/mol. The molecule has 0 aliphatic rings. The van der Waals surface area contributed by atoms with Crippen molar-refractivity contribution in [3.8, 4) is 0 Å². The van der Waals surface area contributed by atoms with Crippen LogP contribution >= 0.6 is 11.3 Å². The SMILES string of the molecule is CCNCc1sc2ccc(C(C)(C)C)cc2c1CC(C)C. The molecule has 2 aromatic rings. The van der Waals surface area contributed by atoms with Crippen LogP contribution in [-0.4, -0.2) is 6.54 Å². The van der Waals surface area contributed by atoms with Crippen molar-refractivity contribution in [3.05, 3.63) is 34.2 Å². The first-order valence-electron chi connectivity index (χ1n) is 8.08. The van der Waals surface area contributed by atoms with Crippen molar-refractivity contribution in [1.82, 2.24) is 5.32 Å². The highest BCUT2D eigenvalue weighted by Gasteiger charge is 2.18. The van der Waals surface area contributed by atoms with Crippen LogP contribution in [0.3, 0.4) is 0 Å². The van der Waals surface area contributed by atoms with E-state index < -0.39 is 0 Å². The highest BCUT2D eigenvalue weighted by Crippen LogP contribution is 2.36. The quantitative estimate of drug-likeness (QED) is 0.768. The Morgan fingerprint density at radius 2 is 1.90 bits per heavy atom. The highest BCUT2D eigenvalue weighted by atomic mass is 32.1. The van der Waals surface area contributed by atoms with Gasteiger partial charge in [-0.2, -0.15) is 0 Å². The summed E-state index contributed by atoms with van der Waals surface area (Å²) in [6.07, 6.45) is 1.17. The van der Waals surface area contributed by atoms with Crippen LogP contribution in [0.5, 0.6) is 0 Å². The lowest BCUT2D eigenvalue weighted by Gasteiger charge is -2.19. The molecule has 0 aliphatic heterocycles. The first-order chi connectivity index (χ1) is 9.82. The third kappa shape index (κ3) is 3.87. The summed E-state index contributed by atoms with van der Waals surface area (Å²) in [5.41, 5.74) is 3.22. The first-order valence-corrected chi connectivity index (χ1v) is 8.90. The Kier molecular flexibility index (Phi) is 5.11. The second kappa shape index (κ2) is 6.50. The van der Waals surface area contributed by atoms with Crippen molar-refractivity contribution >= 4 is 21.4 Å². The molecule has 0 aliphatic carbocycles. The first kappa shape index (κ1) is 16.5. The summed E-state index contributed by atoms with van der Waals surface area (Å²) in [7, 11) is 0. The predicted molar refractivity (Wildman–Crippen MR) is 96.4 cm³/mol. The van der Waals surface area contributed by atoms with E-state index in [4.69, 9.17) is 0 Å². The van der Waals surface area contributed by atoms with E-state index in [0.717, 1.165) is 13.1 Å². The van der Waals surface area contributed by atoms with Gasteiger partial charge < -0.3 is 5.32 Å². The number of nitrogens with one attached hydrogen (secondary N) is 1. The van der Waals surface area contributed by atoms with Gasteiger partial charge in [0, 0.05) is 16.1 Å². The molecule has 0 fully saturated rings. The summed E-state index contributed by atoms with van der Waals surface area (Å²) in [5.74, 6) is 0.696. The Labute approximate surface area is 133 Å². The summed E-state index contributed by atoms with van der Waals surface area (Å²) in [4.78, 5) is 1.52. The molecule has 0 spiro atoms. The van der Waals surface area contributed by atoms with Crippen LogP contribution in [0, 0.1) is 5.92 Å². The molecule has 1 aromatic carbocycles. The van der Waals surface area contributed by atoms with Crippen LogP contribution in [0.15, 0.2) is 18.2 Å². The Bertz CT molecular complexity index is 602. The molecule has 116 valence electrons. The van der Waals surface area contributed by atoms with Crippen molar-refractivity contribution in [3.63, 3.8) is 0 Å². The highest BCUT2D eigenvalue weighted by molar-refractivity contribution is 7.19. The average Bonchev–Trinajstić information content (AvgIpc) is 2.72. The molecule has 0 saturated carbocycles. The molecule has 0 unspecified atom stereocenters. The molecule has 2 rings (SSSR count). The van der Waals surface area contributed by atoms with Gasteiger partial charge in [0.1, 0.15) is 0 Å². The van der Waals surface area contributed by atoms with Gasteiger partial charge in [-0.3, -0.25) is 0 Å². The lowest BCUT2D eigenvalue weighted by Crippen LogP contribution is -2.12. The van der Waals surface area contributed by atoms with Gasteiger partial charge in [-0.1, -0.05) is 47.6 Å². The van der Waals surface area contributed by atoms with Crippen LogP contribution in [0.4, 0.5) is 0 Å². The third-order valence-corrected chi connectivity index (χ3v) is 5.10. The molecule has 21 heavy (non-hydrogen) atoms. The molecule has 1 nitrogen and oxygen atoms in total. The van der Waals surface area contributed by atoms with Crippen LogP contribution in [-0.2, 0) is 18.4 Å². The average molecular weight is 304 g/mol. The van der Waals surface area contributed by atoms with E-state index in [1.165, 1.54) is 26.9 Å². The van der Waals surface area contributed by atoms with Gasteiger partial charge in [-0.25, -0.2) is 0 Å². The van der Waals surface area contributed by atoms with Crippen molar-refractivity contribution < 1.29 is 0 Å². The van der Waals surface area contributed by atoms with Gasteiger partial charge in [-0.15, -0.1) is 11.3 Å². The fourth-order valence-electron chi connectivity index (χ4n) is 2.68. The van der Waals surface area contributed by atoms with E-state index >= 15 is 0 Å². The molecule has 1 N–H and O–H groups in total. The van der Waals surface area contributed by atoms with Crippen molar-refractivity contribution in [2.45, 2.75) is 59.9 Å². The minimum atomic E-state index is 0.215. The fraction of sp³-hybridized carbons (Fsp3) is 0.579. The van der Waals surface area contributed by atoms with Crippen molar-refractivity contribution in [2.24, 2.45) is 5.92 Å². The largest absolute Gasteiger partial charge is 0.312 e. The summed E-state index contributed by atoms with van der Waals surface area (Å²) in [6.45, 7) is 15.7. The minimum Gasteiger partial charge on any atom is -0.312 e. The van der Waals surface area contributed by atoms with Crippen molar-refractivity contribution in [1.29, 1.82) is 0 Å². The van der Waals surface area contributed by atoms with E-state index in [0.29, 0.717) is 5.92 Å². The monoisotopic (exact) mass is 303 g/mol. The number of benzene rings is 1. The molecule has 0 bridgehead atoms. The number of hydrogen-bond donors (Lipinski definition) is 1. The van der Waals surface area contributed by atoms with E-state index in [9.17, 15) is 0 Å². The standard InChI is InChI=1S/C19H29NS/c1-7-20-12-18-15(10-13(2)3)16-11-14(19(4,5)6)8-9-17(16)21-18/h8-9,11,13,20H,7,10,12H2,1-6H3. The molecule has 0 amide bonds. The van der Waals surface area contributed by atoms with Gasteiger partial charge >= 0.3 is 0 Å². The number of hydrogen-bond acceptors (Lipinski definition) is 2. The van der Waals surface area contributed by atoms with Gasteiger partial charge in [0.25, 0.3) is 0 Å². The van der Waals surface area contributed by atoms with Crippen LogP contribution in [0.2, 0.25) is 0 Å². The van der Waals surface area contributed by atoms with Gasteiger partial charge in [0.15, 0.2) is 0 Å². The fourth-order valence-corrected chi connectivity index (χ4v) is 3.86. The Morgan fingerprint density at radius 3 is 2.48 bits per heavy atom. The van der Waals surface area contributed by atoms with E-state index in [-0.39, 0.29) is 5.41 Å².